The third-order valence-electron chi connectivity index (χ3n) is 1.43. The van der Waals surface area contributed by atoms with Gasteiger partial charge in [0.2, 0.25) is 5.88 Å². The second kappa shape index (κ2) is 3.45. The molecule has 0 aliphatic heterocycles. The lowest BCUT2D eigenvalue weighted by Gasteiger charge is -1.99. The largest absolute Gasteiger partial charge is 0.438 e. The standard InChI is InChI=1S/C9H6NO2S/c11-9-10-8(6-13-9)12-7-4-2-1-3-5-7/h1-6H. The Kier molecular flexibility index (Phi) is 2.14. The quantitative estimate of drug-likeness (QED) is 0.733. The lowest BCUT2D eigenvalue weighted by molar-refractivity contribution is 0.345. The van der Waals surface area contributed by atoms with Crippen LogP contribution in [0.1, 0.15) is 0 Å². The molecule has 0 unspecified atom stereocenters. The van der Waals surface area contributed by atoms with Crippen LogP contribution in [0.3, 0.4) is 0 Å². The number of nitrogens with zero attached hydrogens (tertiary/aromatic N) is 1. The van der Waals surface area contributed by atoms with Crippen molar-refractivity contribution >= 4 is 11.3 Å². The summed E-state index contributed by atoms with van der Waals surface area (Å²) in [6, 6.07) is 9.24. The van der Waals surface area contributed by atoms with E-state index in [0.717, 1.165) is 11.3 Å². The van der Waals surface area contributed by atoms with Crippen LogP contribution in [0, 0.1) is 0 Å². The number of hydrogen-bond acceptors (Lipinski definition) is 3. The molecule has 0 bridgehead atoms. The van der Waals surface area contributed by atoms with Crippen molar-refractivity contribution in [2.24, 2.45) is 0 Å². The van der Waals surface area contributed by atoms with Gasteiger partial charge in [-0.15, -0.1) is 0 Å². The minimum Gasteiger partial charge on any atom is -0.438 e. The first-order valence-electron chi connectivity index (χ1n) is 3.70. The lowest BCUT2D eigenvalue weighted by atomic mass is 10.3. The average molecular weight is 192 g/mol. The number of benzene rings is 1. The van der Waals surface area contributed by atoms with E-state index in [4.69, 9.17) is 4.74 Å². The first kappa shape index (κ1) is 8.07. The Bertz CT molecular complexity index is 386. The van der Waals surface area contributed by atoms with E-state index in [1.54, 1.807) is 5.38 Å². The van der Waals surface area contributed by atoms with E-state index in [1.807, 2.05) is 30.3 Å². The molecule has 2 rings (SSSR count). The first-order chi connectivity index (χ1) is 6.34. The molecule has 13 heavy (non-hydrogen) atoms. The Morgan fingerprint density at radius 1 is 1.23 bits per heavy atom. The summed E-state index contributed by atoms with van der Waals surface area (Å²) in [6.07, 6.45) is 0. The highest BCUT2D eigenvalue weighted by Gasteiger charge is 2.02. The maximum absolute atomic E-state index is 10.7. The highest BCUT2D eigenvalue weighted by Crippen LogP contribution is 2.26. The summed E-state index contributed by atoms with van der Waals surface area (Å²) in [4.78, 5) is 3.65. The van der Waals surface area contributed by atoms with Gasteiger partial charge in [-0.05, 0) is 12.1 Å². The highest BCUT2D eigenvalue weighted by molar-refractivity contribution is 7.11. The van der Waals surface area contributed by atoms with Crippen LogP contribution in [0.25, 0.3) is 0 Å². The van der Waals surface area contributed by atoms with Crippen LogP contribution in [-0.2, 0) is 5.11 Å². The zero-order valence-electron chi connectivity index (χ0n) is 6.64. The molecule has 0 fully saturated rings. The van der Waals surface area contributed by atoms with Crippen LogP contribution < -0.4 is 4.74 Å². The van der Waals surface area contributed by atoms with Gasteiger partial charge >= 0.3 is 5.19 Å². The third-order valence-corrected chi connectivity index (χ3v) is 2.04. The molecular formula is C9H6NO2S. The van der Waals surface area contributed by atoms with E-state index in [2.05, 4.69) is 4.98 Å². The molecule has 2 aromatic rings. The van der Waals surface area contributed by atoms with E-state index in [9.17, 15) is 5.11 Å². The van der Waals surface area contributed by atoms with Crippen molar-refractivity contribution in [1.29, 1.82) is 0 Å². The van der Waals surface area contributed by atoms with E-state index in [1.165, 1.54) is 0 Å². The van der Waals surface area contributed by atoms with Crippen LogP contribution in [0.4, 0.5) is 0 Å². The summed E-state index contributed by atoms with van der Waals surface area (Å²) in [5.41, 5.74) is 0. The van der Waals surface area contributed by atoms with Crippen molar-refractivity contribution in [2.45, 2.75) is 0 Å². The molecule has 1 radical (unpaired) electrons. The summed E-state index contributed by atoms with van der Waals surface area (Å²) in [5, 5.41) is 12.1. The molecule has 0 saturated heterocycles. The molecule has 1 aromatic carbocycles. The van der Waals surface area contributed by atoms with Crippen molar-refractivity contribution in [3.8, 4) is 16.8 Å². The van der Waals surface area contributed by atoms with Gasteiger partial charge < -0.3 is 4.74 Å². The Morgan fingerprint density at radius 3 is 2.62 bits per heavy atom. The zero-order chi connectivity index (χ0) is 9.10. The van der Waals surface area contributed by atoms with Crippen molar-refractivity contribution in [2.75, 3.05) is 0 Å². The van der Waals surface area contributed by atoms with E-state index >= 15 is 0 Å². The SMILES string of the molecule is [O]c1nc(Oc2ccccc2)cs1. The molecule has 65 valence electrons. The van der Waals surface area contributed by atoms with Gasteiger partial charge in [0.1, 0.15) is 5.75 Å². The molecule has 1 heterocycles. The Morgan fingerprint density at radius 2 is 2.00 bits per heavy atom. The van der Waals surface area contributed by atoms with Crippen LogP contribution in [0.2, 0.25) is 0 Å². The predicted octanol–water partition coefficient (Wildman–Crippen LogP) is 3.08. The number of para-hydroxylation sites is 1. The molecule has 0 aliphatic carbocycles. The highest BCUT2D eigenvalue weighted by atomic mass is 32.1. The van der Waals surface area contributed by atoms with Crippen LogP contribution in [-0.4, -0.2) is 4.98 Å². The molecule has 0 amide bonds. The van der Waals surface area contributed by atoms with Crippen LogP contribution in [0.15, 0.2) is 35.7 Å². The topological polar surface area (TPSA) is 42.0 Å². The molecule has 0 N–H and O–H groups in total. The van der Waals surface area contributed by atoms with E-state index < -0.39 is 0 Å². The van der Waals surface area contributed by atoms with Gasteiger partial charge in [0.15, 0.2) is 0 Å². The van der Waals surface area contributed by atoms with Crippen molar-refractivity contribution in [1.82, 2.24) is 4.98 Å². The summed E-state index contributed by atoms with van der Waals surface area (Å²) in [6.45, 7) is 0. The Balaban J connectivity index is 2.15. The van der Waals surface area contributed by atoms with Crippen molar-refractivity contribution < 1.29 is 9.84 Å². The second-order valence-electron chi connectivity index (χ2n) is 2.37. The first-order valence-corrected chi connectivity index (χ1v) is 4.58. The minimum absolute atomic E-state index is 0.231. The summed E-state index contributed by atoms with van der Waals surface area (Å²) >= 11 is 1.03. The van der Waals surface area contributed by atoms with Crippen LogP contribution in [0.5, 0.6) is 16.8 Å². The van der Waals surface area contributed by atoms with Gasteiger partial charge in [0.05, 0.1) is 5.38 Å². The zero-order valence-corrected chi connectivity index (χ0v) is 7.45. The molecule has 0 saturated carbocycles. The third kappa shape index (κ3) is 1.97. The maximum Gasteiger partial charge on any atom is 0.329 e. The molecule has 0 atom stereocenters. The number of ether oxygens (including phenoxy) is 1. The molecule has 0 spiro atoms. The number of thiazole rings is 1. The monoisotopic (exact) mass is 192 g/mol. The number of aromatic nitrogens is 1. The van der Waals surface area contributed by atoms with Gasteiger partial charge in [-0.25, -0.2) is 0 Å². The summed E-state index contributed by atoms with van der Waals surface area (Å²) < 4.78 is 5.30. The Hall–Kier alpha value is -1.55. The molecular weight excluding hydrogens is 186 g/mol. The van der Waals surface area contributed by atoms with Gasteiger partial charge in [0.25, 0.3) is 0 Å². The predicted molar refractivity (Wildman–Crippen MR) is 48.8 cm³/mol. The number of hydrogen-bond donors (Lipinski definition) is 0. The molecule has 0 aliphatic rings. The molecule has 4 heteroatoms. The lowest BCUT2D eigenvalue weighted by Crippen LogP contribution is -1.81. The second-order valence-corrected chi connectivity index (χ2v) is 3.19. The van der Waals surface area contributed by atoms with Gasteiger partial charge in [0, 0.05) is 0 Å². The fourth-order valence-corrected chi connectivity index (χ4v) is 1.34. The maximum atomic E-state index is 10.7. The van der Waals surface area contributed by atoms with E-state index in [0.29, 0.717) is 11.6 Å². The Labute approximate surface area is 79.3 Å². The van der Waals surface area contributed by atoms with Gasteiger partial charge in [-0.1, -0.05) is 29.5 Å². The molecule has 3 nitrogen and oxygen atoms in total. The van der Waals surface area contributed by atoms with Crippen molar-refractivity contribution in [3.05, 3.63) is 35.7 Å². The van der Waals surface area contributed by atoms with E-state index in [-0.39, 0.29) is 5.19 Å². The number of rotatable bonds is 2. The summed E-state index contributed by atoms with van der Waals surface area (Å²) in [5.74, 6) is 1.05. The summed E-state index contributed by atoms with van der Waals surface area (Å²) in [7, 11) is 0. The average Bonchev–Trinajstić information content (AvgIpc) is 2.53. The molecule has 1 aromatic heterocycles. The van der Waals surface area contributed by atoms with Gasteiger partial charge in [-0.2, -0.15) is 4.98 Å². The fourth-order valence-electron chi connectivity index (χ4n) is 0.900. The van der Waals surface area contributed by atoms with Gasteiger partial charge in [-0.3, -0.25) is 5.11 Å². The van der Waals surface area contributed by atoms with Crippen LogP contribution >= 0.6 is 11.3 Å². The normalized spacial score (nSPS) is 9.85. The van der Waals surface area contributed by atoms with Crippen molar-refractivity contribution in [3.63, 3.8) is 0 Å². The minimum atomic E-state index is -0.231. The smallest absolute Gasteiger partial charge is 0.329 e. The fraction of sp³-hybridized carbons (Fsp3) is 0.